The number of para-hydroxylation sites is 1. The molecule has 7 heteroatoms. The summed E-state index contributed by atoms with van der Waals surface area (Å²) in [6.07, 6.45) is 0. The summed E-state index contributed by atoms with van der Waals surface area (Å²) in [6.45, 7) is 4.12. The van der Waals surface area contributed by atoms with Gasteiger partial charge in [0.1, 0.15) is 5.82 Å². The maximum atomic E-state index is 12.8. The number of aromatic nitrogens is 3. The summed E-state index contributed by atoms with van der Waals surface area (Å²) in [5.74, 6) is 6.58. The van der Waals surface area contributed by atoms with E-state index in [-0.39, 0.29) is 5.56 Å². The van der Waals surface area contributed by atoms with Crippen LogP contribution in [0.4, 0.5) is 5.69 Å². The molecule has 28 heavy (non-hydrogen) atoms. The van der Waals surface area contributed by atoms with E-state index in [4.69, 9.17) is 5.84 Å². The topological polar surface area (TPSA) is 83.2 Å². The van der Waals surface area contributed by atoms with Crippen LogP contribution in [0, 0.1) is 0 Å². The Bertz CT molecular complexity index is 1230. The van der Waals surface area contributed by atoms with Crippen LogP contribution in [0.1, 0.15) is 0 Å². The molecule has 0 unspecified atom stereocenters. The number of rotatable bonds is 2. The lowest BCUT2D eigenvalue weighted by molar-refractivity contribution is 0.313. The minimum absolute atomic E-state index is 0.267. The first-order valence-electron chi connectivity index (χ1n) is 9.44. The number of anilines is 1. The van der Waals surface area contributed by atoms with E-state index in [0.29, 0.717) is 16.9 Å². The molecule has 2 aromatic heterocycles. The molecule has 7 nitrogen and oxygen atoms in total. The number of fused-ring (bicyclic) bond motifs is 2. The number of nitrogens with zero attached hydrogens (tertiary/aromatic N) is 4. The van der Waals surface area contributed by atoms with Gasteiger partial charge in [0.2, 0.25) is 0 Å². The van der Waals surface area contributed by atoms with Crippen molar-refractivity contribution in [3.63, 3.8) is 0 Å². The molecule has 3 N–H and O–H groups in total. The Morgan fingerprint density at radius 3 is 2.64 bits per heavy atom. The summed E-state index contributed by atoms with van der Waals surface area (Å²) < 4.78 is 1.19. The normalized spacial score (nSPS) is 15.5. The van der Waals surface area contributed by atoms with E-state index in [9.17, 15) is 4.79 Å². The highest BCUT2D eigenvalue weighted by molar-refractivity contribution is 5.86. The van der Waals surface area contributed by atoms with Crippen molar-refractivity contribution in [3.8, 4) is 11.4 Å². The first-order valence-corrected chi connectivity index (χ1v) is 9.44. The highest BCUT2D eigenvalue weighted by Gasteiger charge is 2.17. The molecule has 2 aromatic carbocycles. The molecule has 1 saturated heterocycles. The largest absolute Gasteiger partial charge is 0.369 e. The predicted molar refractivity (Wildman–Crippen MR) is 113 cm³/mol. The Labute approximate surface area is 162 Å². The van der Waals surface area contributed by atoms with Crippen molar-refractivity contribution in [3.05, 3.63) is 58.9 Å². The first kappa shape index (κ1) is 16.8. The van der Waals surface area contributed by atoms with E-state index in [0.717, 1.165) is 42.6 Å². The number of piperazine rings is 1. The van der Waals surface area contributed by atoms with Crippen LogP contribution in [0.3, 0.4) is 0 Å². The van der Waals surface area contributed by atoms with Crippen molar-refractivity contribution in [2.45, 2.75) is 0 Å². The molecule has 5 rings (SSSR count). The highest BCUT2D eigenvalue weighted by Crippen LogP contribution is 2.25. The molecule has 4 aromatic rings. The maximum absolute atomic E-state index is 12.8. The average Bonchev–Trinajstić information content (AvgIpc) is 3.14. The molecule has 0 radical (unpaired) electrons. The van der Waals surface area contributed by atoms with Gasteiger partial charge in [-0.1, -0.05) is 18.2 Å². The molecular formula is C21H22N6O. The van der Waals surface area contributed by atoms with Gasteiger partial charge in [-0.15, -0.1) is 0 Å². The van der Waals surface area contributed by atoms with Crippen LogP contribution in [-0.2, 0) is 0 Å². The van der Waals surface area contributed by atoms with Gasteiger partial charge in [-0.05, 0) is 37.4 Å². The molecular weight excluding hydrogens is 352 g/mol. The van der Waals surface area contributed by atoms with Crippen molar-refractivity contribution in [2.75, 3.05) is 44.0 Å². The van der Waals surface area contributed by atoms with Crippen LogP contribution < -0.4 is 16.3 Å². The number of nitrogens with two attached hydrogens (primary N) is 1. The van der Waals surface area contributed by atoms with Crippen molar-refractivity contribution in [1.29, 1.82) is 0 Å². The Balaban J connectivity index is 1.58. The van der Waals surface area contributed by atoms with Gasteiger partial charge in [0.05, 0.1) is 22.1 Å². The summed E-state index contributed by atoms with van der Waals surface area (Å²) in [5.41, 5.74) is 3.83. The molecule has 0 amide bonds. The standard InChI is InChI=1S/C21H22N6O/c1-25-8-10-26(11-9-25)15-6-7-17-18(13-15)24-20(23-17)16-12-14-4-2-3-5-19(14)27(22)21(16)28/h2-7,12-13H,8-11,22H2,1H3,(H,23,24). The van der Waals surface area contributed by atoms with E-state index in [1.165, 1.54) is 10.4 Å². The number of pyridine rings is 1. The second-order valence-corrected chi connectivity index (χ2v) is 7.37. The fourth-order valence-electron chi connectivity index (χ4n) is 3.84. The zero-order valence-corrected chi connectivity index (χ0v) is 15.7. The Morgan fingerprint density at radius 1 is 1.04 bits per heavy atom. The Morgan fingerprint density at radius 2 is 1.82 bits per heavy atom. The lowest BCUT2D eigenvalue weighted by Gasteiger charge is -2.34. The zero-order chi connectivity index (χ0) is 19.3. The highest BCUT2D eigenvalue weighted by atomic mass is 16.1. The van der Waals surface area contributed by atoms with E-state index in [1.807, 2.05) is 36.4 Å². The monoisotopic (exact) mass is 374 g/mol. The summed E-state index contributed by atoms with van der Waals surface area (Å²) >= 11 is 0. The number of nitrogen functional groups attached to an aromatic ring is 1. The number of nitrogens with one attached hydrogen (secondary N) is 1. The SMILES string of the molecule is CN1CCN(c2ccc3nc(-c4cc5ccccc5n(N)c4=O)[nH]c3c2)CC1. The predicted octanol–water partition coefficient (Wildman–Crippen LogP) is 2.01. The molecule has 1 fully saturated rings. The molecule has 0 saturated carbocycles. The average molecular weight is 374 g/mol. The number of H-pyrrole nitrogens is 1. The summed E-state index contributed by atoms with van der Waals surface area (Å²) in [7, 11) is 2.15. The summed E-state index contributed by atoms with van der Waals surface area (Å²) in [4.78, 5) is 25.4. The van der Waals surface area contributed by atoms with Gasteiger partial charge in [0.15, 0.2) is 0 Å². The van der Waals surface area contributed by atoms with Gasteiger partial charge in [-0.25, -0.2) is 9.66 Å². The molecule has 0 atom stereocenters. The van der Waals surface area contributed by atoms with Gasteiger partial charge in [0.25, 0.3) is 5.56 Å². The molecule has 1 aliphatic heterocycles. The van der Waals surface area contributed by atoms with Crippen LogP contribution in [0.2, 0.25) is 0 Å². The quantitative estimate of drug-likeness (QED) is 0.525. The second-order valence-electron chi connectivity index (χ2n) is 7.37. The van der Waals surface area contributed by atoms with Crippen LogP contribution in [-0.4, -0.2) is 52.8 Å². The number of likely N-dealkylation sites (N-methyl/N-ethyl adjacent to an activating group) is 1. The molecule has 0 bridgehead atoms. The Hall–Kier alpha value is -3.32. The van der Waals surface area contributed by atoms with Crippen molar-refractivity contribution in [1.82, 2.24) is 19.5 Å². The van der Waals surface area contributed by atoms with E-state index in [1.54, 1.807) is 0 Å². The maximum Gasteiger partial charge on any atom is 0.280 e. The molecule has 0 aliphatic carbocycles. The van der Waals surface area contributed by atoms with Crippen LogP contribution in [0.25, 0.3) is 33.3 Å². The molecule has 0 spiro atoms. The molecule has 1 aliphatic rings. The number of hydrogen-bond acceptors (Lipinski definition) is 5. The van der Waals surface area contributed by atoms with Crippen molar-refractivity contribution in [2.24, 2.45) is 0 Å². The lowest BCUT2D eigenvalue weighted by Crippen LogP contribution is -2.44. The van der Waals surface area contributed by atoms with Gasteiger partial charge < -0.3 is 20.6 Å². The van der Waals surface area contributed by atoms with Gasteiger partial charge >= 0.3 is 0 Å². The third kappa shape index (κ3) is 2.71. The minimum Gasteiger partial charge on any atom is -0.369 e. The number of benzene rings is 2. The van der Waals surface area contributed by atoms with E-state index in [2.05, 4.69) is 38.9 Å². The van der Waals surface area contributed by atoms with Gasteiger partial charge in [-0.3, -0.25) is 4.79 Å². The molecule has 3 heterocycles. The number of imidazole rings is 1. The smallest absolute Gasteiger partial charge is 0.280 e. The number of aromatic amines is 1. The summed E-state index contributed by atoms with van der Waals surface area (Å²) in [6, 6.07) is 15.6. The van der Waals surface area contributed by atoms with Crippen molar-refractivity contribution < 1.29 is 0 Å². The van der Waals surface area contributed by atoms with Crippen molar-refractivity contribution >= 4 is 27.6 Å². The number of hydrogen-bond donors (Lipinski definition) is 2. The fourth-order valence-corrected chi connectivity index (χ4v) is 3.84. The van der Waals surface area contributed by atoms with Gasteiger partial charge in [0, 0.05) is 37.3 Å². The van der Waals surface area contributed by atoms with Crippen LogP contribution in [0.5, 0.6) is 0 Å². The van der Waals surface area contributed by atoms with Crippen LogP contribution in [0.15, 0.2) is 53.3 Å². The van der Waals surface area contributed by atoms with Crippen LogP contribution >= 0.6 is 0 Å². The Kier molecular flexibility index (Phi) is 3.84. The first-order chi connectivity index (χ1) is 13.6. The lowest BCUT2D eigenvalue weighted by atomic mass is 10.1. The zero-order valence-electron chi connectivity index (χ0n) is 15.7. The van der Waals surface area contributed by atoms with E-state index < -0.39 is 0 Å². The summed E-state index contributed by atoms with van der Waals surface area (Å²) in [5, 5.41) is 0.901. The second kappa shape index (κ2) is 6.38. The van der Waals surface area contributed by atoms with Gasteiger partial charge in [-0.2, -0.15) is 0 Å². The third-order valence-electron chi connectivity index (χ3n) is 5.53. The fraction of sp³-hybridized carbons (Fsp3) is 0.238. The van der Waals surface area contributed by atoms with E-state index >= 15 is 0 Å². The minimum atomic E-state index is -0.267. The molecule has 142 valence electrons. The third-order valence-corrected chi connectivity index (χ3v) is 5.53.